The first-order valence-corrected chi connectivity index (χ1v) is 9.98. The van der Waals surface area contributed by atoms with Gasteiger partial charge in [0.1, 0.15) is 10.7 Å². The number of anilines is 1. The van der Waals surface area contributed by atoms with Crippen molar-refractivity contribution in [2.24, 2.45) is 0 Å². The number of thiazole rings is 1. The summed E-state index contributed by atoms with van der Waals surface area (Å²) < 4.78 is 38.0. The van der Waals surface area contributed by atoms with E-state index < -0.39 is 28.5 Å². The second kappa shape index (κ2) is 9.56. The van der Waals surface area contributed by atoms with Crippen molar-refractivity contribution in [1.29, 1.82) is 0 Å². The van der Waals surface area contributed by atoms with Crippen molar-refractivity contribution < 1.29 is 27.7 Å². The van der Waals surface area contributed by atoms with Crippen molar-refractivity contribution in [3.05, 3.63) is 75.3 Å². The van der Waals surface area contributed by atoms with Crippen LogP contribution < -0.4 is 10.6 Å². The first-order valence-electron chi connectivity index (χ1n) is 9.10. The van der Waals surface area contributed by atoms with Crippen LogP contribution in [0.3, 0.4) is 0 Å². The number of nitro groups is 1. The number of para-hydroxylation sites is 2. The van der Waals surface area contributed by atoms with Crippen LogP contribution in [0.2, 0.25) is 0 Å². The topological polar surface area (TPSA) is 114 Å². The fraction of sp³-hybridized carbons (Fsp3) is 0.150. The Bertz CT molecular complexity index is 1150. The first-order chi connectivity index (χ1) is 15.1. The van der Waals surface area contributed by atoms with Crippen LogP contribution in [0.5, 0.6) is 0 Å². The number of amides is 2. The summed E-state index contributed by atoms with van der Waals surface area (Å²) in [6.07, 6.45) is -4.13. The SMILES string of the molecule is O=C(NCCc1csc(-c2ccc(C(F)(F)F)cc2)n1)C(=O)Nc1ccccc1[N+](=O)[O-]. The van der Waals surface area contributed by atoms with Crippen molar-refractivity contribution in [3.8, 4) is 10.6 Å². The predicted molar refractivity (Wildman–Crippen MR) is 111 cm³/mol. The highest BCUT2D eigenvalue weighted by molar-refractivity contribution is 7.13. The first kappa shape index (κ1) is 22.9. The lowest BCUT2D eigenvalue weighted by molar-refractivity contribution is -0.383. The van der Waals surface area contributed by atoms with Crippen LogP contribution >= 0.6 is 11.3 Å². The van der Waals surface area contributed by atoms with E-state index in [0.29, 0.717) is 16.3 Å². The summed E-state index contributed by atoms with van der Waals surface area (Å²) in [5.74, 6) is -2.02. The fourth-order valence-electron chi connectivity index (χ4n) is 2.66. The van der Waals surface area contributed by atoms with Gasteiger partial charge in [0.05, 0.1) is 16.2 Å². The second-order valence-corrected chi connectivity index (χ2v) is 7.31. The molecule has 32 heavy (non-hydrogen) atoms. The van der Waals surface area contributed by atoms with E-state index in [1.165, 1.54) is 47.7 Å². The zero-order valence-corrected chi connectivity index (χ0v) is 17.0. The maximum absolute atomic E-state index is 12.7. The molecule has 1 heterocycles. The molecule has 2 N–H and O–H groups in total. The summed E-state index contributed by atoms with van der Waals surface area (Å²) in [6.45, 7) is 0.0688. The van der Waals surface area contributed by atoms with E-state index in [4.69, 9.17) is 0 Å². The predicted octanol–water partition coefficient (Wildman–Crippen LogP) is 4.03. The van der Waals surface area contributed by atoms with Gasteiger partial charge in [-0.25, -0.2) is 4.98 Å². The van der Waals surface area contributed by atoms with Gasteiger partial charge in [0, 0.05) is 30.0 Å². The average Bonchev–Trinajstić information content (AvgIpc) is 3.22. The van der Waals surface area contributed by atoms with Crippen LogP contribution in [-0.2, 0) is 22.2 Å². The minimum absolute atomic E-state index is 0.0688. The molecule has 2 aromatic carbocycles. The van der Waals surface area contributed by atoms with E-state index in [-0.39, 0.29) is 24.3 Å². The third-order valence-electron chi connectivity index (χ3n) is 4.23. The summed E-state index contributed by atoms with van der Waals surface area (Å²) in [7, 11) is 0. The molecule has 8 nitrogen and oxygen atoms in total. The number of nitrogens with zero attached hydrogens (tertiary/aromatic N) is 2. The molecule has 166 valence electrons. The van der Waals surface area contributed by atoms with Gasteiger partial charge in [-0.3, -0.25) is 19.7 Å². The number of nitro benzene ring substituents is 1. The highest BCUT2D eigenvalue weighted by atomic mass is 32.1. The number of carbonyl (C=O) groups is 2. The quantitative estimate of drug-likeness (QED) is 0.325. The zero-order valence-electron chi connectivity index (χ0n) is 16.2. The minimum atomic E-state index is -4.41. The van der Waals surface area contributed by atoms with Crippen LogP contribution in [0.15, 0.2) is 53.9 Å². The van der Waals surface area contributed by atoms with Gasteiger partial charge in [0.25, 0.3) is 5.69 Å². The number of hydrogen-bond acceptors (Lipinski definition) is 6. The smallest absolute Gasteiger partial charge is 0.347 e. The van der Waals surface area contributed by atoms with Crippen LogP contribution in [0.1, 0.15) is 11.3 Å². The maximum atomic E-state index is 12.7. The van der Waals surface area contributed by atoms with Gasteiger partial charge < -0.3 is 10.6 Å². The molecule has 12 heteroatoms. The number of alkyl halides is 3. The molecule has 3 aromatic rings. The van der Waals surface area contributed by atoms with E-state index in [2.05, 4.69) is 15.6 Å². The standard InChI is InChI=1S/C20H15F3N4O4S/c21-20(22,23)13-7-5-12(6-8-13)19-25-14(11-32-19)9-10-24-17(28)18(29)26-15-3-1-2-4-16(15)27(30)31/h1-8,11H,9-10H2,(H,24,28)(H,26,29). The Morgan fingerprint density at radius 2 is 1.75 bits per heavy atom. The van der Waals surface area contributed by atoms with E-state index in [1.54, 1.807) is 5.38 Å². The molecule has 0 bridgehead atoms. The molecule has 0 unspecified atom stereocenters. The lowest BCUT2D eigenvalue weighted by Gasteiger charge is -2.06. The van der Waals surface area contributed by atoms with Crippen molar-refractivity contribution in [3.63, 3.8) is 0 Å². The number of nitrogens with one attached hydrogen (secondary N) is 2. The number of hydrogen-bond donors (Lipinski definition) is 2. The summed E-state index contributed by atoms with van der Waals surface area (Å²) in [6, 6.07) is 10.0. The second-order valence-electron chi connectivity index (χ2n) is 6.45. The Kier molecular flexibility index (Phi) is 6.83. The third kappa shape index (κ3) is 5.66. The van der Waals surface area contributed by atoms with E-state index >= 15 is 0 Å². The van der Waals surface area contributed by atoms with Gasteiger partial charge in [-0.1, -0.05) is 24.3 Å². The summed E-state index contributed by atoms with van der Waals surface area (Å²) in [5, 5.41) is 17.8. The molecule has 3 rings (SSSR count). The minimum Gasteiger partial charge on any atom is -0.347 e. The Morgan fingerprint density at radius 1 is 1.06 bits per heavy atom. The largest absolute Gasteiger partial charge is 0.416 e. The van der Waals surface area contributed by atoms with Gasteiger partial charge in [-0.15, -0.1) is 11.3 Å². The van der Waals surface area contributed by atoms with Gasteiger partial charge in [-0.05, 0) is 18.2 Å². The molecular weight excluding hydrogens is 449 g/mol. The highest BCUT2D eigenvalue weighted by Gasteiger charge is 2.30. The summed E-state index contributed by atoms with van der Waals surface area (Å²) in [5.41, 5.74) is -0.0727. The number of aromatic nitrogens is 1. The molecule has 0 atom stereocenters. The van der Waals surface area contributed by atoms with Crippen molar-refractivity contribution in [2.45, 2.75) is 12.6 Å². The van der Waals surface area contributed by atoms with Gasteiger partial charge in [-0.2, -0.15) is 13.2 Å². The normalized spacial score (nSPS) is 11.1. The molecule has 0 radical (unpaired) electrons. The molecule has 0 aliphatic rings. The van der Waals surface area contributed by atoms with E-state index in [9.17, 15) is 32.9 Å². The molecule has 2 amide bonds. The number of rotatable bonds is 6. The van der Waals surface area contributed by atoms with Crippen LogP contribution in [0, 0.1) is 10.1 Å². The average molecular weight is 464 g/mol. The molecule has 0 saturated heterocycles. The molecule has 0 saturated carbocycles. The van der Waals surface area contributed by atoms with Crippen LogP contribution in [0.25, 0.3) is 10.6 Å². The fourth-order valence-corrected chi connectivity index (χ4v) is 3.52. The van der Waals surface area contributed by atoms with Gasteiger partial charge in [0.15, 0.2) is 0 Å². The lowest BCUT2D eigenvalue weighted by atomic mass is 10.1. The van der Waals surface area contributed by atoms with Crippen molar-refractivity contribution in [1.82, 2.24) is 10.3 Å². The van der Waals surface area contributed by atoms with E-state index in [1.807, 2.05) is 0 Å². The molecule has 0 spiro atoms. The van der Waals surface area contributed by atoms with Crippen molar-refractivity contribution in [2.75, 3.05) is 11.9 Å². The van der Waals surface area contributed by atoms with Crippen LogP contribution in [-0.4, -0.2) is 28.3 Å². The molecule has 0 aliphatic carbocycles. The maximum Gasteiger partial charge on any atom is 0.416 e. The summed E-state index contributed by atoms with van der Waals surface area (Å²) in [4.78, 5) is 38.5. The van der Waals surface area contributed by atoms with Crippen LogP contribution in [0.4, 0.5) is 24.5 Å². The monoisotopic (exact) mass is 464 g/mol. The Hall–Kier alpha value is -3.80. The molecule has 0 fully saturated rings. The zero-order chi connectivity index (χ0) is 23.3. The summed E-state index contributed by atoms with van der Waals surface area (Å²) >= 11 is 1.24. The third-order valence-corrected chi connectivity index (χ3v) is 5.17. The van der Waals surface area contributed by atoms with Crippen molar-refractivity contribution >= 4 is 34.5 Å². The number of halogens is 3. The Balaban J connectivity index is 1.53. The number of benzene rings is 2. The van der Waals surface area contributed by atoms with Gasteiger partial charge in [0.2, 0.25) is 0 Å². The lowest BCUT2D eigenvalue weighted by Crippen LogP contribution is -2.36. The van der Waals surface area contributed by atoms with E-state index in [0.717, 1.165) is 12.1 Å². The Morgan fingerprint density at radius 3 is 2.41 bits per heavy atom. The molecule has 0 aliphatic heterocycles. The molecular formula is C20H15F3N4O4S. The Labute approximate surface area is 183 Å². The molecule has 1 aromatic heterocycles. The highest BCUT2D eigenvalue weighted by Crippen LogP contribution is 2.31. The number of carbonyl (C=O) groups excluding carboxylic acids is 2. The van der Waals surface area contributed by atoms with Gasteiger partial charge >= 0.3 is 18.0 Å².